The summed E-state index contributed by atoms with van der Waals surface area (Å²) in [6, 6.07) is 1.42. The third kappa shape index (κ3) is 4.93. The van der Waals surface area contributed by atoms with E-state index in [1.807, 2.05) is 7.11 Å². The molecule has 0 aromatic rings. The van der Waals surface area contributed by atoms with Gasteiger partial charge in [0.05, 0.1) is 18.1 Å². The first-order valence-electron chi connectivity index (χ1n) is 15.3. The number of likely N-dealkylation sites (tertiary alicyclic amines) is 3. The van der Waals surface area contributed by atoms with E-state index in [0.29, 0.717) is 41.6 Å². The molecule has 0 amide bonds. The summed E-state index contributed by atoms with van der Waals surface area (Å²) in [7, 11) is 4.31. The highest BCUT2D eigenvalue weighted by molar-refractivity contribution is 8.00. The first-order chi connectivity index (χ1) is 17.6. The smallest absolute Gasteiger partial charge is 0.0661 e. The van der Waals surface area contributed by atoms with Crippen molar-refractivity contribution in [2.45, 2.75) is 93.8 Å². The third-order valence-corrected chi connectivity index (χ3v) is 12.7. The van der Waals surface area contributed by atoms with Crippen molar-refractivity contribution in [1.82, 2.24) is 20.0 Å². The molecule has 4 heterocycles. The van der Waals surface area contributed by atoms with Gasteiger partial charge in [-0.2, -0.15) is 0 Å². The van der Waals surface area contributed by atoms with E-state index >= 15 is 0 Å². The summed E-state index contributed by atoms with van der Waals surface area (Å²) in [6.07, 6.45) is 13.8. The largest absolute Gasteiger partial charge is 0.395 e. The molecule has 0 aromatic heterocycles. The van der Waals surface area contributed by atoms with E-state index in [4.69, 9.17) is 4.74 Å². The molecule has 2 N–H and O–H groups in total. The number of methoxy groups -OCH3 is 1. The Bertz CT molecular complexity index is 722. The van der Waals surface area contributed by atoms with Crippen LogP contribution in [-0.4, -0.2) is 115 Å². The van der Waals surface area contributed by atoms with Crippen molar-refractivity contribution >= 4 is 11.8 Å². The number of aliphatic hydroxyl groups is 1. The number of likely N-dealkylation sites (N-methyl/N-ethyl adjacent to an activating group) is 1. The van der Waals surface area contributed by atoms with E-state index in [2.05, 4.69) is 38.8 Å². The first-order valence-corrected chi connectivity index (χ1v) is 16.3. The van der Waals surface area contributed by atoms with Gasteiger partial charge in [0.15, 0.2) is 0 Å². The summed E-state index contributed by atoms with van der Waals surface area (Å²) in [5, 5.41) is 15.2. The monoisotopic (exact) mass is 520 g/mol. The van der Waals surface area contributed by atoms with Crippen LogP contribution in [-0.2, 0) is 4.74 Å². The van der Waals surface area contributed by atoms with Crippen LogP contribution in [0.5, 0.6) is 0 Å². The highest BCUT2D eigenvalue weighted by Gasteiger charge is 2.63. The summed E-state index contributed by atoms with van der Waals surface area (Å²) in [6.45, 7) is 7.65. The zero-order valence-corrected chi connectivity index (χ0v) is 23.8. The maximum absolute atomic E-state index is 10.9. The topological polar surface area (TPSA) is 51.2 Å². The van der Waals surface area contributed by atoms with Crippen LogP contribution >= 0.6 is 11.8 Å². The minimum absolute atomic E-state index is 0.302. The molecule has 6 aliphatic rings. The molecule has 0 aromatic carbocycles. The maximum atomic E-state index is 10.9. The van der Waals surface area contributed by atoms with E-state index < -0.39 is 0 Å². The van der Waals surface area contributed by atoms with Crippen molar-refractivity contribution in [2.24, 2.45) is 23.2 Å². The molecule has 0 radical (unpaired) electrons. The SMILES string of the molecule is COC1CCC2C(C1)N(C)C1C2C2(CCN(CC3NCCS3)CC2)CN(CC2CCCCC2)[C@@H]1CO. The molecule has 2 saturated carbocycles. The lowest BCUT2D eigenvalue weighted by Crippen LogP contribution is -2.66. The van der Waals surface area contributed by atoms with Crippen molar-refractivity contribution in [2.75, 3.05) is 65.8 Å². The molecule has 206 valence electrons. The predicted octanol–water partition coefficient (Wildman–Crippen LogP) is 3.10. The number of hydrogen-bond donors (Lipinski definition) is 2. The minimum atomic E-state index is 0.302. The predicted molar refractivity (Wildman–Crippen MR) is 148 cm³/mol. The van der Waals surface area contributed by atoms with Gasteiger partial charge in [-0.05, 0) is 88.3 Å². The summed E-state index contributed by atoms with van der Waals surface area (Å²) >= 11 is 2.11. The summed E-state index contributed by atoms with van der Waals surface area (Å²) in [4.78, 5) is 8.34. The Kier molecular flexibility index (Phi) is 8.27. The molecule has 2 aliphatic carbocycles. The standard InChI is InChI=1S/C29H52N4O2S/c1-31-24-16-22(35-2)8-9-23(24)27-28(31)25(19-34)33(17-21-6-4-3-5-7-21)20-29(27)10-13-32(14-11-29)18-26-30-12-15-36-26/h21-28,30,34H,3-20H2,1-2H3/t22?,23?,24?,25-,26?,27?,28?/m1/s1. The summed E-state index contributed by atoms with van der Waals surface area (Å²) in [5.41, 5.74) is 0.408. The Balaban J connectivity index is 1.25. The van der Waals surface area contributed by atoms with Gasteiger partial charge in [0.25, 0.3) is 0 Å². The number of fused-ring (bicyclic) bond motifs is 4. The van der Waals surface area contributed by atoms with Gasteiger partial charge in [0.1, 0.15) is 0 Å². The molecule has 6 fully saturated rings. The lowest BCUT2D eigenvalue weighted by molar-refractivity contribution is -0.101. The zero-order chi connectivity index (χ0) is 24.7. The fraction of sp³-hybridized carbons (Fsp3) is 1.00. The molecule has 36 heavy (non-hydrogen) atoms. The van der Waals surface area contributed by atoms with Crippen LogP contribution < -0.4 is 5.32 Å². The van der Waals surface area contributed by atoms with Crippen LogP contribution in [0.1, 0.15) is 64.2 Å². The van der Waals surface area contributed by atoms with Crippen molar-refractivity contribution in [3.63, 3.8) is 0 Å². The molecule has 6 rings (SSSR count). The molecule has 4 aliphatic heterocycles. The van der Waals surface area contributed by atoms with Gasteiger partial charge < -0.3 is 20.1 Å². The number of aliphatic hydroxyl groups excluding tert-OH is 1. The second kappa shape index (κ2) is 11.3. The normalized spacial score (nSPS) is 42.6. The molecular formula is C29H52N4O2S. The number of thioether (sulfide) groups is 1. The molecule has 0 bridgehead atoms. The van der Waals surface area contributed by atoms with E-state index in [1.54, 1.807) is 0 Å². The van der Waals surface area contributed by atoms with E-state index in [0.717, 1.165) is 17.8 Å². The molecule has 4 saturated heterocycles. The molecule has 6 nitrogen and oxygen atoms in total. The average molecular weight is 521 g/mol. The quantitative estimate of drug-likeness (QED) is 0.558. The fourth-order valence-corrected chi connectivity index (χ4v) is 10.8. The van der Waals surface area contributed by atoms with Crippen molar-refractivity contribution in [1.29, 1.82) is 0 Å². The van der Waals surface area contributed by atoms with Gasteiger partial charge in [0.2, 0.25) is 0 Å². The highest BCUT2D eigenvalue weighted by Crippen LogP contribution is 2.58. The third-order valence-electron chi connectivity index (χ3n) is 11.5. The second-order valence-electron chi connectivity index (χ2n) is 13.2. The van der Waals surface area contributed by atoms with Crippen LogP contribution in [0.2, 0.25) is 0 Å². The molecule has 7 heteroatoms. The average Bonchev–Trinajstić information content (AvgIpc) is 3.53. The molecule has 6 unspecified atom stereocenters. The van der Waals surface area contributed by atoms with E-state index in [-0.39, 0.29) is 0 Å². The number of piperidine rings is 2. The number of nitrogens with zero attached hydrogens (tertiary/aromatic N) is 3. The van der Waals surface area contributed by atoms with Gasteiger partial charge in [0, 0.05) is 57.2 Å². The lowest BCUT2D eigenvalue weighted by Gasteiger charge is -2.58. The van der Waals surface area contributed by atoms with Crippen LogP contribution in [0.3, 0.4) is 0 Å². The van der Waals surface area contributed by atoms with Crippen LogP contribution in [0.15, 0.2) is 0 Å². The second-order valence-corrected chi connectivity index (χ2v) is 14.6. The Morgan fingerprint density at radius 1 is 1.06 bits per heavy atom. The highest BCUT2D eigenvalue weighted by atomic mass is 32.2. The first kappa shape index (κ1) is 26.3. The Hall–Kier alpha value is 0.110. The maximum Gasteiger partial charge on any atom is 0.0661 e. The number of rotatable bonds is 6. The van der Waals surface area contributed by atoms with Gasteiger partial charge >= 0.3 is 0 Å². The van der Waals surface area contributed by atoms with Crippen LogP contribution in [0, 0.1) is 23.2 Å². The van der Waals surface area contributed by atoms with Crippen molar-refractivity contribution in [3.05, 3.63) is 0 Å². The van der Waals surface area contributed by atoms with Gasteiger partial charge in [-0.1, -0.05) is 19.3 Å². The van der Waals surface area contributed by atoms with Gasteiger partial charge in [-0.3, -0.25) is 9.80 Å². The van der Waals surface area contributed by atoms with Crippen LogP contribution in [0.4, 0.5) is 0 Å². The summed E-state index contributed by atoms with van der Waals surface area (Å²) in [5.74, 6) is 3.60. The van der Waals surface area contributed by atoms with Crippen LogP contribution in [0.25, 0.3) is 0 Å². The number of nitrogens with one attached hydrogen (secondary N) is 1. The Morgan fingerprint density at radius 3 is 2.56 bits per heavy atom. The molecule has 7 atom stereocenters. The van der Waals surface area contributed by atoms with E-state index in [1.165, 1.54) is 109 Å². The zero-order valence-electron chi connectivity index (χ0n) is 23.0. The Labute approximate surface area is 224 Å². The van der Waals surface area contributed by atoms with E-state index in [9.17, 15) is 5.11 Å². The van der Waals surface area contributed by atoms with Gasteiger partial charge in [-0.15, -0.1) is 11.8 Å². The Morgan fingerprint density at radius 2 is 1.86 bits per heavy atom. The fourth-order valence-electron chi connectivity index (χ4n) is 9.76. The van der Waals surface area contributed by atoms with Gasteiger partial charge in [-0.25, -0.2) is 0 Å². The minimum Gasteiger partial charge on any atom is -0.395 e. The lowest BCUT2D eigenvalue weighted by atomic mass is 9.57. The number of hydrogen-bond acceptors (Lipinski definition) is 7. The molecule has 1 spiro atoms. The summed E-state index contributed by atoms with van der Waals surface area (Å²) < 4.78 is 5.89. The van der Waals surface area contributed by atoms with Crippen molar-refractivity contribution < 1.29 is 9.84 Å². The van der Waals surface area contributed by atoms with Crippen molar-refractivity contribution in [3.8, 4) is 0 Å². The number of ether oxygens (including phenoxy) is 1. The molecular weight excluding hydrogens is 468 g/mol.